The van der Waals surface area contributed by atoms with Gasteiger partial charge in [-0.25, -0.2) is 4.98 Å². The third-order valence-corrected chi connectivity index (χ3v) is 7.94. The number of rotatable bonds is 4. The number of nitrogens with one attached hydrogen (secondary N) is 1. The van der Waals surface area contributed by atoms with Gasteiger partial charge in [-0.3, -0.25) is 19.5 Å². The maximum absolute atomic E-state index is 14.4. The molecule has 216 valence electrons. The van der Waals surface area contributed by atoms with Crippen molar-refractivity contribution in [3.05, 3.63) is 86.9 Å². The van der Waals surface area contributed by atoms with Crippen molar-refractivity contribution in [2.45, 2.75) is 38.5 Å². The van der Waals surface area contributed by atoms with E-state index in [1.165, 1.54) is 24.3 Å². The summed E-state index contributed by atoms with van der Waals surface area (Å²) in [5, 5.41) is 3.49. The summed E-state index contributed by atoms with van der Waals surface area (Å²) >= 11 is 12.6. The number of anilines is 2. The van der Waals surface area contributed by atoms with Crippen LogP contribution in [-0.2, 0) is 16.5 Å². The monoisotopic (exact) mass is 615 g/mol. The second kappa shape index (κ2) is 9.47. The van der Waals surface area contributed by atoms with Gasteiger partial charge in [-0.1, -0.05) is 29.3 Å². The van der Waals surface area contributed by atoms with Crippen LogP contribution in [0, 0.1) is 6.92 Å². The number of hydrogen-bond donors (Lipinski definition) is 1. The number of ether oxygens (including phenoxy) is 1. The quantitative estimate of drug-likeness (QED) is 0.266. The van der Waals surface area contributed by atoms with Gasteiger partial charge in [-0.15, -0.1) is 0 Å². The van der Waals surface area contributed by atoms with Gasteiger partial charge in [-0.05, 0) is 57.2 Å². The third kappa shape index (κ3) is 3.83. The molecule has 0 fully saturated rings. The minimum atomic E-state index is -4.60. The number of halogens is 5. The Morgan fingerprint density at radius 3 is 2.45 bits per heavy atom. The first-order valence-corrected chi connectivity index (χ1v) is 13.5. The molecular weight excluding hydrogens is 594 g/mol. The minimum Gasteiger partial charge on any atom is -0.496 e. The molecule has 4 aromatic rings. The number of carbonyl (C=O) groups is 2. The van der Waals surface area contributed by atoms with Gasteiger partial charge in [-0.2, -0.15) is 13.2 Å². The van der Waals surface area contributed by atoms with Crippen molar-refractivity contribution in [1.29, 1.82) is 0 Å². The first kappa shape index (κ1) is 28.0. The van der Waals surface area contributed by atoms with E-state index in [1.54, 1.807) is 35.8 Å². The lowest BCUT2D eigenvalue weighted by atomic mass is 9.87. The fourth-order valence-corrected chi connectivity index (χ4v) is 6.10. The summed E-state index contributed by atoms with van der Waals surface area (Å²) in [5.41, 5.74) is -0.665. The lowest BCUT2D eigenvalue weighted by Gasteiger charge is -2.36. The van der Waals surface area contributed by atoms with E-state index in [2.05, 4.69) is 15.3 Å². The Hall–Kier alpha value is -4.09. The number of imidazole rings is 1. The summed E-state index contributed by atoms with van der Waals surface area (Å²) in [5.74, 6) is -1.07. The summed E-state index contributed by atoms with van der Waals surface area (Å²) in [6.07, 6.45) is -3.16. The number of amides is 2. The third-order valence-electron chi connectivity index (χ3n) is 7.50. The number of alkyl halides is 3. The number of fused-ring (bicyclic) bond motifs is 4. The fourth-order valence-electron chi connectivity index (χ4n) is 5.78. The number of nitrogens with zero attached hydrogens (tertiary/aromatic N) is 4. The lowest BCUT2D eigenvalue weighted by molar-refractivity contribution is -0.137. The average Bonchev–Trinajstić information content (AvgIpc) is 3.53. The molecule has 1 N–H and O–H groups in total. The minimum absolute atomic E-state index is 0.0435. The normalized spacial score (nSPS) is 17.7. The molecule has 2 aliphatic heterocycles. The Morgan fingerprint density at radius 1 is 1.05 bits per heavy atom. The number of aryl methyl sites for hydroxylation is 1. The molecule has 0 unspecified atom stereocenters. The molecule has 13 heteroatoms. The van der Waals surface area contributed by atoms with E-state index in [0.29, 0.717) is 27.7 Å². The van der Waals surface area contributed by atoms with Crippen molar-refractivity contribution in [3.8, 4) is 17.1 Å². The second-order valence-electron chi connectivity index (χ2n) is 10.3. The molecule has 0 saturated carbocycles. The Morgan fingerprint density at radius 2 is 1.79 bits per heavy atom. The van der Waals surface area contributed by atoms with Crippen LogP contribution in [0.1, 0.15) is 52.9 Å². The molecule has 0 aliphatic carbocycles. The largest absolute Gasteiger partial charge is 0.496 e. The molecule has 42 heavy (non-hydrogen) atoms. The van der Waals surface area contributed by atoms with Crippen LogP contribution in [0.2, 0.25) is 10.0 Å². The van der Waals surface area contributed by atoms with Gasteiger partial charge in [0.2, 0.25) is 0 Å². The topological polar surface area (TPSA) is 89.3 Å². The number of aromatic nitrogens is 3. The van der Waals surface area contributed by atoms with E-state index in [9.17, 15) is 22.8 Å². The van der Waals surface area contributed by atoms with Gasteiger partial charge in [0.25, 0.3) is 11.8 Å². The number of methoxy groups -OCH3 is 1. The van der Waals surface area contributed by atoms with Crippen molar-refractivity contribution < 1.29 is 27.5 Å². The summed E-state index contributed by atoms with van der Waals surface area (Å²) in [6, 6.07) is 9.06. The fraction of sp³-hybridized carbons (Fsp3) is 0.241. The van der Waals surface area contributed by atoms with Crippen molar-refractivity contribution in [1.82, 2.24) is 14.5 Å². The number of benzene rings is 2. The van der Waals surface area contributed by atoms with E-state index < -0.39 is 35.1 Å². The maximum atomic E-state index is 14.4. The number of carbonyl (C=O) groups excluding carboxylic acids is 2. The molecule has 0 radical (unpaired) electrons. The molecule has 4 heterocycles. The van der Waals surface area contributed by atoms with Crippen molar-refractivity contribution >= 4 is 46.4 Å². The molecule has 0 saturated heterocycles. The van der Waals surface area contributed by atoms with Crippen molar-refractivity contribution in [2.75, 3.05) is 17.3 Å². The van der Waals surface area contributed by atoms with Crippen LogP contribution in [0.4, 0.5) is 24.5 Å². The molecule has 6 rings (SSSR count). The SMILES string of the molecule is COc1cc(C(F)(F)F)ccc1-c1nc2c(n1C(C)C)[C@@]1(C(=O)Nc3cc(Cl)ccc31)N(c1cc(Cl)cnc1C)C2=O. The zero-order valence-corrected chi connectivity index (χ0v) is 24.1. The zero-order valence-electron chi connectivity index (χ0n) is 22.6. The van der Waals surface area contributed by atoms with E-state index in [0.717, 1.165) is 12.1 Å². The molecule has 2 aromatic carbocycles. The molecular formula is C29H22Cl2F3N5O3. The first-order valence-electron chi connectivity index (χ1n) is 12.8. The highest BCUT2D eigenvalue weighted by atomic mass is 35.5. The Balaban J connectivity index is 1.71. The number of hydrogen-bond acceptors (Lipinski definition) is 5. The van der Waals surface area contributed by atoms with Crippen LogP contribution in [0.25, 0.3) is 11.4 Å². The molecule has 2 aromatic heterocycles. The molecule has 1 atom stereocenters. The number of pyridine rings is 1. The van der Waals surface area contributed by atoms with Crippen LogP contribution in [-0.4, -0.2) is 33.5 Å². The smallest absolute Gasteiger partial charge is 0.416 e. The van der Waals surface area contributed by atoms with Crippen molar-refractivity contribution in [3.63, 3.8) is 0 Å². The van der Waals surface area contributed by atoms with Gasteiger partial charge >= 0.3 is 6.18 Å². The van der Waals surface area contributed by atoms with Gasteiger partial charge in [0.15, 0.2) is 11.2 Å². The first-order chi connectivity index (χ1) is 19.8. The molecule has 8 nitrogen and oxygen atoms in total. The van der Waals surface area contributed by atoms with Crippen LogP contribution >= 0.6 is 23.2 Å². The average molecular weight is 616 g/mol. The van der Waals surface area contributed by atoms with Crippen LogP contribution < -0.4 is 15.0 Å². The van der Waals surface area contributed by atoms with Gasteiger partial charge in [0.1, 0.15) is 11.6 Å². The maximum Gasteiger partial charge on any atom is 0.416 e. The standard InChI is InChI=1S/C29H22Cl2F3N5O3/c1-13(2)38-24-23(37-25(38)18-7-5-15(29(32,33)34)9-22(18)42-4)26(40)39(21-11-17(31)12-35-14(21)3)28(24)19-8-6-16(30)10-20(19)36-27(28)41/h5-13H,1-4H3,(H,36,41)/t28-/m0/s1. The van der Waals surface area contributed by atoms with Crippen molar-refractivity contribution in [2.24, 2.45) is 0 Å². The lowest BCUT2D eigenvalue weighted by Crippen LogP contribution is -2.51. The van der Waals surface area contributed by atoms with Crippen LogP contribution in [0.15, 0.2) is 48.7 Å². The molecule has 2 aliphatic rings. The highest BCUT2D eigenvalue weighted by Crippen LogP contribution is 2.55. The summed E-state index contributed by atoms with van der Waals surface area (Å²) in [4.78, 5) is 39.0. The Bertz CT molecular complexity index is 1820. The molecule has 0 bridgehead atoms. The van der Waals surface area contributed by atoms with Crippen LogP contribution in [0.5, 0.6) is 5.75 Å². The van der Waals surface area contributed by atoms with E-state index in [-0.39, 0.29) is 33.5 Å². The van der Waals surface area contributed by atoms with Gasteiger partial charge in [0, 0.05) is 28.5 Å². The van der Waals surface area contributed by atoms with E-state index >= 15 is 0 Å². The summed E-state index contributed by atoms with van der Waals surface area (Å²) < 4.78 is 47.6. The van der Waals surface area contributed by atoms with E-state index in [1.807, 2.05) is 13.8 Å². The second-order valence-corrected chi connectivity index (χ2v) is 11.1. The zero-order chi connectivity index (χ0) is 30.3. The Labute approximate surface area is 248 Å². The predicted octanol–water partition coefficient (Wildman–Crippen LogP) is 7.02. The summed E-state index contributed by atoms with van der Waals surface area (Å²) in [7, 11) is 1.25. The van der Waals surface area contributed by atoms with E-state index in [4.69, 9.17) is 27.9 Å². The Kier molecular flexibility index (Phi) is 6.32. The van der Waals surface area contributed by atoms with Crippen LogP contribution in [0.3, 0.4) is 0 Å². The van der Waals surface area contributed by atoms with Gasteiger partial charge in [0.05, 0.1) is 40.3 Å². The summed E-state index contributed by atoms with van der Waals surface area (Å²) in [6.45, 7) is 5.34. The highest BCUT2D eigenvalue weighted by molar-refractivity contribution is 6.32. The highest BCUT2D eigenvalue weighted by Gasteiger charge is 2.64. The van der Waals surface area contributed by atoms with Gasteiger partial charge < -0.3 is 14.6 Å². The molecule has 1 spiro atoms. The predicted molar refractivity (Wildman–Crippen MR) is 151 cm³/mol. The molecule has 2 amide bonds.